The Labute approximate surface area is 89.4 Å². The highest BCUT2D eigenvalue weighted by Crippen LogP contribution is 2.27. The van der Waals surface area contributed by atoms with Gasteiger partial charge in [0.25, 0.3) is 6.43 Å². The van der Waals surface area contributed by atoms with E-state index in [1.165, 1.54) is 6.08 Å². The first-order chi connectivity index (χ1) is 7.06. The summed E-state index contributed by atoms with van der Waals surface area (Å²) in [6.07, 6.45) is -1.39. The number of thiazole rings is 1. The van der Waals surface area contributed by atoms with Gasteiger partial charge >= 0.3 is 5.97 Å². The fraction of sp³-hybridized carbons (Fsp3) is 0.333. The number of aryl methyl sites for hydroxylation is 1. The number of carbonyl (C=O) groups is 1. The van der Waals surface area contributed by atoms with E-state index in [4.69, 9.17) is 0 Å². The number of carbonyl (C=O) groups excluding carboxylic acids is 1. The maximum atomic E-state index is 12.4. The van der Waals surface area contributed by atoms with Gasteiger partial charge in [0.1, 0.15) is 17.2 Å². The van der Waals surface area contributed by atoms with E-state index in [1.807, 2.05) is 0 Å². The second kappa shape index (κ2) is 4.97. The van der Waals surface area contributed by atoms with Gasteiger partial charge in [-0.15, -0.1) is 11.3 Å². The number of esters is 1. The Bertz CT molecular complexity index is 376. The number of rotatable bonds is 4. The predicted molar refractivity (Wildman–Crippen MR) is 52.3 cm³/mol. The SMILES string of the molecule is C=CCOC(=O)c1sc(C)nc1C(F)F. The molecule has 1 rings (SSSR count). The minimum absolute atomic E-state index is 0.00153. The van der Waals surface area contributed by atoms with Crippen molar-refractivity contribution in [3.63, 3.8) is 0 Å². The van der Waals surface area contributed by atoms with E-state index in [2.05, 4.69) is 16.3 Å². The van der Waals surface area contributed by atoms with Gasteiger partial charge in [0.2, 0.25) is 0 Å². The van der Waals surface area contributed by atoms with Crippen molar-refractivity contribution in [3.05, 3.63) is 28.2 Å². The molecule has 0 aliphatic heterocycles. The predicted octanol–water partition coefficient (Wildman–Crippen LogP) is 2.73. The molecule has 1 heterocycles. The molecule has 0 unspecified atom stereocenters. The van der Waals surface area contributed by atoms with Gasteiger partial charge in [0, 0.05) is 0 Å². The maximum Gasteiger partial charge on any atom is 0.350 e. The maximum absolute atomic E-state index is 12.4. The van der Waals surface area contributed by atoms with E-state index >= 15 is 0 Å². The summed E-state index contributed by atoms with van der Waals surface area (Å²) >= 11 is 0.901. The van der Waals surface area contributed by atoms with Crippen molar-refractivity contribution in [3.8, 4) is 0 Å². The molecular weight excluding hydrogens is 224 g/mol. The van der Waals surface area contributed by atoms with Crippen molar-refractivity contribution in [1.29, 1.82) is 0 Å². The molecule has 0 saturated heterocycles. The lowest BCUT2D eigenvalue weighted by atomic mass is 10.4. The van der Waals surface area contributed by atoms with Crippen LogP contribution in [0.2, 0.25) is 0 Å². The van der Waals surface area contributed by atoms with E-state index in [1.54, 1.807) is 6.92 Å². The number of hydrogen-bond donors (Lipinski definition) is 0. The van der Waals surface area contributed by atoms with Crippen LogP contribution in [-0.4, -0.2) is 17.6 Å². The van der Waals surface area contributed by atoms with Gasteiger partial charge in [-0.2, -0.15) is 0 Å². The third-order valence-corrected chi connectivity index (χ3v) is 2.45. The molecule has 0 atom stereocenters. The third-order valence-electron chi connectivity index (χ3n) is 1.48. The quantitative estimate of drug-likeness (QED) is 0.593. The van der Waals surface area contributed by atoms with E-state index in [9.17, 15) is 13.6 Å². The Morgan fingerprint density at radius 3 is 2.93 bits per heavy atom. The lowest BCUT2D eigenvalue weighted by molar-refractivity contribution is 0.0544. The first-order valence-electron chi connectivity index (χ1n) is 4.09. The smallest absolute Gasteiger partial charge is 0.350 e. The molecular formula is C9H9F2NO2S. The Hall–Kier alpha value is -1.30. The molecule has 6 heteroatoms. The first kappa shape index (κ1) is 11.8. The molecule has 1 aromatic heterocycles. The summed E-state index contributed by atoms with van der Waals surface area (Å²) in [6, 6.07) is 0. The van der Waals surface area contributed by atoms with Crippen LogP contribution in [0.1, 0.15) is 26.8 Å². The molecule has 0 aromatic carbocycles. The minimum Gasteiger partial charge on any atom is -0.457 e. The average molecular weight is 233 g/mol. The highest BCUT2D eigenvalue weighted by Gasteiger charge is 2.24. The summed E-state index contributed by atoms with van der Waals surface area (Å²) in [5, 5.41) is 0.413. The van der Waals surface area contributed by atoms with Gasteiger partial charge in [0.05, 0.1) is 5.01 Å². The van der Waals surface area contributed by atoms with E-state index in [0.29, 0.717) is 5.01 Å². The zero-order valence-corrected chi connectivity index (χ0v) is 8.81. The summed E-state index contributed by atoms with van der Waals surface area (Å²) < 4.78 is 29.5. The fourth-order valence-electron chi connectivity index (χ4n) is 0.937. The Balaban J connectivity index is 2.91. The molecule has 3 nitrogen and oxygen atoms in total. The monoisotopic (exact) mass is 233 g/mol. The number of halogens is 2. The number of alkyl halides is 2. The molecule has 1 aromatic rings. The Morgan fingerprint density at radius 2 is 2.40 bits per heavy atom. The summed E-state index contributed by atoms with van der Waals surface area (Å²) in [6.45, 7) is 4.91. The van der Waals surface area contributed by atoms with Crippen LogP contribution >= 0.6 is 11.3 Å². The van der Waals surface area contributed by atoms with Crippen LogP contribution in [0.5, 0.6) is 0 Å². The van der Waals surface area contributed by atoms with Crippen LogP contribution in [0, 0.1) is 6.92 Å². The topological polar surface area (TPSA) is 39.2 Å². The van der Waals surface area contributed by atoms with Crippen molar-refractivity contribution in [2.24, 2.45) is 0 Å². The summed E-state index contributed by atoms with van der Waals surface area (Å²) in [5.41, 5.74) is -0.508. The van der Waals surface area contributed by atoms with E-state index in [0.717, 1.165) is 11.3 Å². The molecule has 0 aliphatic carbocycles. The van der Waals surface area contributed by atoms with Crippen molar-refractivity contribution < 1.29 is 18.3 Å². The van der Waals surface area contributed by atoms with Crippen LogP contribution in [0.15, 0.2) is 12.7 Å². The zero-order valence-electron chi connectivity index (χ0n) is 8.00. The minimum atomic E-state index is -2.76. The first-order valence-corrected chi connectivity index (χ1v) is 4.91. The molecule has 0 saturated carbocycles. The van der Waals surface area contributed by atoms with E-state index < -0.39 is 18.1 Å². The van der Waals surface area contributed by atoms with E-state index in [-0.39, 0.29) is 11.5 Å². The van der Waals surface area contributed by atoms with Gasteiger partial charge in [0.15, 0.2) is 0 Å². The van der Waals surface area contributed by atoms with Crippen LogP contribution in [0.25, 0.3) is 0 Å². The van der Waals surface area contributed by atoms with Gasteiger partial charge in [-0.05, 0) is 6.92 Å². The third kappa shape index (κ3) is 2.82. The Kier molecular flexibility index (Phi) is 3.90. The number of ether oxygens (including phenoxy) is 1. The highest BCUT2D eigenvalue weighted by atomic mass is 32.1. The van der Waals surface area contributed by atoms with Gasteiger partial charge in [-0.3, -0.25) is 0 Å². The average Bonchev–Trinajstić information content (AvgIpc) is 2.57. The number of nitrogens with zero attached hydrogens (tertiary/aromatic N) is 1. The standard InChI is InChI=1S/C9H9F2NO2S/c1-3-4-14-9(13)7-6(8(10)11)12-5(2)15-7/h3,8H,1,4H2,2H3. The summed E-state index contributed by atoms with van der Waals surface area (Å²) in [5.74, 6) is -0.782. The van der Waals surface area contributed by atoms with Crippen molar-refractivity contribution in [2.75, 3.05) is 6.61 Å². The zero-order chi connectivity index (χ0) is 11.4. The van der Waals surface area contributed by atoms with Crippen LogP contribution < -0.4 is 0 Å². The molecule has 0 radical (unpaired) electrons. The molecule has 82 valence electrons. The van der Waals surface area contributed by atoms with Crippen LogP contribution in [-0.2, 0) is 4.74 Å². The molecule has 0 N–H and O–H groups in total. The summed E-state index contributed by atoms with van der Waals surface area (Å²) in [7, 11) is 0. The lowest BCUT2D eigenvalue weighted by Gasteiger charge is -2.00. The number of aromatic nitrogens is 1. The molecule has 15 heavy (non-hydrogen) atoms. The van der Waals surface area contributed by atoms with Gasteiger partial charge in [-0.25, -0.2) is 18.6 Å². The molecule has 0 spiro atoms. The second-order valence-electron chi connectivity index (χ2n) is 2.64. The lowest BCUT2D eigenvalue weighted by Crippen LogP contribution is -2.06. The van der Waals surface area contributed by atoms with Gasteiger partial charge < -0.3 is 4.74 Å². The van der Waals surface area contributed by atoms with Crippen molar-refractivity contribution in [2.45, 2.75) is 13.3 Å². The molecule has 0 aliphatic rings. The van der Waals surface area contributed by atoms with Crippen LogP contribution in [0.3, 0.4) is 0 Å². The normalized spacial score (nSPS) is 10.4. The highest BCUT2D eigenvalue weighted by molar-refractivity contribution is 7.13. The van der Waals surface area contributed by atoms with Crippen molar-refractivity contribution >= 4 is 17.3 Å². The van der Waals surface area contributed by atoms with Crippen molar-refractivity contribution in [1.82, 2.24) is 4.98 Å². The molecule has 0 amide bonds. The molecule has 0 bridgehead atoms. The largest absolute Gasteiger partial charge is 0.457 e. The van der Waals surface area contributed by atoms with Crippen LogP contribution in [0.4, 0.5) is 8.78 Å². The second-order valence-corrected chi connectivity index (χ2v) is 3.84. The van der Waals surface area contributed by atoms with Gasteiger partial charge in [-0.1, -0.05) is 12.7 Å². The fourth-order valence-corrected chi connectivity index (χ4v) is 1.76. The summed E-state index contributed by atoms with van der Waals surface area (Å²) in [4.78, 5) is 14.8. The molecule has 0 fully saturated rings. The number of hydrogen-bond acceptors (Lipinski definition) is 4. The Morgan fingerprint density at radius 1 is 1.73 bits per heavy atom.